The van der Waals surface area contributed by atoms with E-state index in [1.165, 1.54) is 0 Å². The van der Waals surface area contributed by atoms with E-state index in [2.05, 4.69) is 20.2 Å². The molecule has 0 aliphatic rings. The van der Waals surface area contributed by atoms with Crippen LogP contribution in [0.25, 0.3) is 11.3 Å². The maximum atomic E-state index is 5.62. The van der Waals surface area contributed by atoms with E-state index in [0.717, 1.165) is 5.56 Å². The van der Waals surface area contributed by atoms with Gasteiger partial charge in [-0.05, 0) is 17.7 Å². The fourth-order valence-corrected chi connectivity index (χ4v) is 1.13. The maximum absolute atomic E-state index is 5.62. The Morgan fingerprint density at radius 1 is 1.46 bits per heavy atom. The van der Waals surface area contributed by atoms with Crippen LogP contribution in [0.3, 0.4) is 0 Å². The molecule has 0 atom stereocenters. The largest absolute Gasteiger partial charge is 0.384 e. The molecule has 0 aromatic carbocycles. The molecule has 13 heavy (non-hydrogen) atoms. The van der Waals surface area contributed by atoms with Crippen LogP contribution in [-0.4, -0.2) is 20.2 Å². The first kappa shape index (κ1) is 8.00. The van der Waals surface area contributed by atoms with Gasteiger partial charge in [-0.2, -0.15) is 5.10 Å². The van der Waals surface area contributed by atoms with Crippen LogP contribution in [0.15, 0.2) is 18.5 Å². The van der Waals surface area contributed by atoms with Gasteiger partial charge in [0.15, 0.2) is 0 Å². The van der Waals surface area contributed by atoms with Gasteiger partial charge in [-0.15, -0.1) is 0 Å². The van der Waals surface area contributed by atoms with E-state index in [9.17, 15) is 0 Å². The Labute approximate surface area is 79.0 Å². The third-order valence-electron chi connectivity index (χ3n) is 1.57. The Morgan fingerprint density at radius 3 is 2.92 bits per heavy atom. The lowest BCUT2D eigenvalue weighted by Gasteiger charge is -1.96. The molecule has 0 saturated heterocycles. The van der Waals surface area contributed by atoms with E-state index in [1.54, 1.807) is 18.5 Å². The average Bonchev–Trinajstić information content (AvgIpc) is 2.51. The second-order valence-electron chi connectivity index (χ2n) is 2.41. The Hall–Kier alpha value is -1.62. The number of aromatic nitrogens is 4. The predicted octanol–water partition coefficient (Wildman–Crippen LogP) is 1.10. The lowest BCUT2D eigenvalue weighted by molar-refractivity contribution is 1.10. The minimum absolute atomic E-state index is 0.193. The fourth-order valence-electron chi connectivity index (χ4n) is 0.985. The Kier molecular flexibility index (Phi) is 1.86. The van der Waals surface area contributed by atoms with Gasteiger partial charge in [0, 0.05) is 6.20 Å². The molecule has 0 spiro atoms. The molecule has 2 aromatic rings. The van der Waals surface area contributed by atoms with E-state index in [-0.39, 0.29) is 5.28 Å². The van der Waals surface area contributed by atoms with Crippen LogP contribution in [0.2, 0.25) is 5.28 Å². The molecule has 0 unspecified atom stereocenters. The van der Waals surface area contributed by atoms with Gasteiger partial charge in [0.05, 0.1) is 17.5 Å². The molecule has 66 valence electrons. The summed E-state index contributed by atoms with van der Waals surface area (Å²) in [4.78, 5) is 7.75. The van der Waals surface area contributed by atoms with E-state index in [1.807, 2.05) is 0 Å². The lowest BCUT2D eigenvalue weighted by atomic mass is 10.2. The summed E-state index contributed by atoms with van der Waals surface area (Å²) >= 11 is 5.62. The van der Waals surface area contributed by atoms with Gasteiger partial charge in [0.25, 0.3) is 0 Å². The third-order valence-corrected chi connectivity index (χ3v) is 1.75. The molecule has 2 aromatic heterocycles. The molecular formula is C7H6ClN5. The summed E-state index contributed by atoms with van der Waals surface area (Å²) in [5.74, 6) is 0.467. The number of hydrogen-bond acceptors (Lipinski definition) is 4. The van der Waals surface area contributed by atoms with Crippen molar-refractivity contribution in [3.8, 4) is 11.3 Å². The number of aromatic amines is 1. The molecule has 0 amide bonds. The summed E-state index contributed by atoms with van der Waals surface area (Å²) in [5.41, 5.74) is 6.99. The highest BCUT2D eigenvalue weighted by atomic mass is 35.5. The van der Waals surface area contributed by atoms with Gasteiger partial charge in [0.2, 0.25) is 5.28 Å². The highest BCUT2D eigenvalue weighted by Crippen LogP contribution is 2.21. The number of nitrogens with one attached hydrogen (secondary N) is 1. The standard InChI is InChI=1S/C7H6ClN5/c8-7-10-2-1-5(12-7)4-3-11-13-6(4)9/h1-3H,(H3,9,11,13). The summed E-state index contributed by atoms with van der Waals surface area (Å²) in [6.45, 7) is 0. The molecule has 0 bridgehead atoms. The molecule has 0 aliphatic heterocycles. The van der Waals surface area contributed by atoms with Crippen LogP contribution >= 0.6 is 11.6 Å². The first-order chi connectivity index (χ1) is 6.27. The third kappa shape index (κ3) is 1.46. The van der Waals surface area contributed by atoms with Crippen LogP contribution in [-0.2, 0) is 0 Å². The summed E-state index contributed by atoms with van der Waals surface area (Å²) in [5, 5.41) is 6.58. The molecule has 0 saturated carbocycles. The Bertz CT molecular complexity index is 424. The molecule has 0 aliphatic carbocycles. The summed E-state index contributed by atoms with van der Waals surface area (Å²) in [6, 6.07) is 1.72. The molecular weight excluding hydrogens is 190 g/mol. The number of rotatable bonds is 1. The van der Waals surface area contributed by atoms with Gasteiger partial charge >= 0.3 is 0 Å². The monoisotopic (exact) mass is 195 g/mol. The van der Waals surface area contributed by atoms with Crippen molar-refractivity contribution in [1.82, 2.24) is 20.2 Å². The summed E-state index contributed by atoms with van der Waals surface area (Å²) in [6.07, 6.45) is 3.16. The number of nitrogens with zero attached hydrogens (tertiary/aromatic N) is 3. The second kappa shape index (κ2) is 3.02. The number of anilines is 1. The van der Waals surface area contributed by atoms with E-state index in [0.29, 0.717) is 11.5 Å². The normalized spacial score (nSPS) is 10.2. The zero-order valence-electron chi connectivity index (χ0n) is 6.53. The quantitative estimate of drug-likeness (QED) is 0.668. The van der Waals surface area contributed by atoms with Crippen molar-refractivity contribution in [3.63, 3.8) is 0 Å². The molecule has 3 N–H and O–H groups in total. The van der Waals surface area contributed by atoms with Gasteiger partial charge in [0.1, 0.15) is 5.82 Å². The smallest absolute Gasteiger partial charge is 0.222 e. The van der Waals surface area contributed by atoms with Crippen LogP contribution < -0.4 is 5.73 Å². The molecule has 0 radical (unpaired) electrons. The first-order valence-corrected chi connectivity index (χ1v) is 3.93. The molecule has 2 rings (SSSR count). The van der Waals surface area contributed by atoms with Crippen molar-refractivity contribution in [2.24, 2.45) is 0 Å². The SMILES string of the molecule is Nc1[nH]ncc1-c1ccnc(Cl)n1. The molecule has 0 fully saturated rings. The van der Waals surface area contributed by atoms with Crippen molar-refractivity contribution in [2.75, 3.05) is 5.73 Å². The molecule has 5 nitrogen and oxygen atoms in total. The summed E-state index contributed by atoms with van der Waals surface area (Å²) in [7, 11) is 0. The zero-order chi connectivity index (χ0) is 9.26. The van der Waals surface area contributed by atoms with Crippen LogP contribution in [0.4, 0.5) is 5.82 Å². The number of halogens is 1. The van der Waals surface area contributed by atoms with E-state index >= 15 is 0 Å². The Balaban J connectivity index is 2.53. The van der Waals surface area contributed by atoms with E-state index in [4.69, 9.17) is 17.3 Å². The first-order valence-electron chi connectivity index (χ1n) is 3.55. The average molecular weight is 196 g/mol. The zero-order valence-corrected chi connectivity index (χ0v) is 7.28. The van der Waals surface area contributed by atoms with Crippen LogP contribution in [0.5, 0.6) is 0 Å². The fraction of sp³-hybridized carbons (Fsp3) is 0. The lowest BCUT2D eigenvalue weighted by Crippen LogP contribution is -1.90. The highest BCUT2D eigenvalue weighted by Gasteiger charge is 2.05. The van der Waals surface area contributed by atoms with Gasteiger partial charge < -0.3 is 5.73 Å². The maximum Gasteiger partial charge on any atom is 0.222 e. The van der Waals surface area contributed by atoms with Gasteiger partial charge in [-0.1, -0.05) is 0 Å². The number of nitrogen functional groups attached to an aromatic ring is 1. The number of H-pyrrole nitrogens is 1. The van der Waals surface area contributed by atoms with Crippen LogP contribution in [0.1, 0.15) is 0 Å². The van der Waals surface area contributed by atoms with Gasteiger partial charge in [-0.3, -0.25) is 5.10 Å². The molecule has 2 heterocycles. The minimum Gasteiger partial charge on any atom is -0.384 e. The number of hydrogen-bond donors (Lipinski definition) is 2. The summed E-state index contributed by atoms with van der Waals surface area (Å²) < 4.78 is 0. The minimum atomic E-state index is 0.193. The predicted molar refractivity (Wildman–Crippen MR) is 49.0 cm³/mol. The van der Waals surface area contributed by atoms with Crippen molar-refractivity contribution in [2.45, 2.75) is 0 Å². The Morgan fingerprint density at radius 2 is 2.31 bits per heavy atom. The topological polar surface area (TPSA) is 80.5 Å². The van der Waals surface area contributed by atoms with Gasteiger partial charge in [-0.25, -0.2) is 9.97 Å². The van der Waals surface area contributed by atoms with Crippen molar-refractivity contribution in [1.29, 1.82) is 0 Å². The number of nitrogens with two attached hydrogens (primary N) is 1. The van der Waals surface area contributed by atoms with Crippen molar-refractivity contribution >= 4 is 17.4 Å². The molecule has 6 heteroatoms. The van der Waals surface area contributed by atoms with Crippen LogP contribution in [0, 0.1) is 0 Å². The van der Waals surface area contributed by atoms with Crippen molar-refractivity contribution < 1.29 is 0 Å². The van der Waals surface area contributed by atoms with E-state index < -0.39 is 0 Å². The highest BCUT2D eigenvalue weighted by molar-refractivity contribution is 6.28. The second-order valence-corrected chi connectivity index (χ2v) is 2.75. The van der Waals surface area contributed by atoms with Crippen molar-refractivity contribution in [3.05, 3.63) is 23.7 Å².